The number of hydrogen-bond donors (Lipinski definition) is 1. The summed E-state index contributed by atoms with van der Waals surface area (Å²) < 4.78 is 6.11. The molecule has 6 nitrogen and oxygen atoms in total. The molecule has 0 atom stereocenters. The maximum absolute atomic E-state index is 13.2. The van der Waals surface area contributed by atoms with Gasteiger partial charge in [0.25, 0.3) is 0 Å². The first-order chi connectivity index (χ1) is 18.7. The van der Waals surface area contributed by atoms with Crippen LogP contribution in [0.1, 0.15) is 32.6 Å². The molecule has 0 spiro atoms. The van der Waals surface area contributed by atoms with E-state index in [4.69, 9.17) is 4.74 Å². The van der Waals surface area contributed by atoms with E-state index in [2.05, 4.69) is 65.9 Å². The van der Waals surface area contributed by atoms with Crippen molar-refractivity contribution in [1.82, 2.24) is 14.7 Å². The number of aromatic hydroxyl groups is 1. The second-order valence-corrected chi connectivity index (χ2v) is 10.9. The Morgan fingerprint density at radius 3 is 2.36 bits per heavy atom. The number of piperazine rings is 1. The van der Waals surface area contributed by atoms with E-state index in [1.807, 2.05) is 32.3 Å². The Kier molecular flexibility index (Phi) is 9.57. The van der Waals surface area contributed by atoms with Crippen LogP contribution in [0.2, 0.25) is 0 Å². The number of aryl methyl sites for hydroxylation is 2. The fraction of sp³-hybridized carbons (Fsp3) is 0.364. The molecule has 0 aromatic heterocycles. The van der Waals surface area contributed by atoms with E-state index in [0.717, 1.165) is 60.7 Å². The van der Waals surface area contributed by atoms with Crippen molar-refractivity contribution in [1.29, 1.82) is 0 Å². The summed E-state index contributed by atoms with van der Waals surface area (Å²) in [6.07, 6.45) is 3.44. The van der Waals surface area contributed by atoms with Crippen molar-refractivity contribution < 1.29 is 14.6 Å². The summed E-state index contributed by atoms with van der Waals surface area (Å²) in [5.74, 6) is 0.869. The van der Waals surface area contributed by atoms with Gasteiger partial charge in [-0.2, -0.15) is 0 Å². The van der Waals surface area contributed by atoms with Gasteiger partial charge in [0.05, 0.1) is 0 Å². The average molecular weight is 528 g/mol. The van der Waals surface area contributed by atoms with Gasteiger partial charge in [-0.1, -0.05) is 35.4 Å². The molecule has 39 heavy (non-hydrogen) atoms. The third-order valence-corrected chi connectivity index (χ3v) is 7.13. The molecule has 0 unspecified atom stereocenters. The molecule has 1 heterocycles. The number of carbonyl (C=O) groups is 1. The number of phenolic OH excluding ortho intramolecular Hbond substituents is 1. The molecule has 206 valence electrons. The monoisotopic (exact) mass is 527 g/mol. The van der Waals surface area contributed by atoms with Crippen molar-refractivity contribution >= 4 is 11.9 Å². The summed E-state index contributed by atoms with van der Waals surface area (Å²) in [6.45, 7) is 10.1. The summed E-state index contributed by atoms with van der Waals surface area (Å²) in [4.78, 5) is 19.9. The molecule has 1 saturated heterocycles. The van der Waals surface area contributed by atoms with Gasteiger partial charge in [0.2, 0.25) is 0 Å². The topological polar surface area (TPSA) is 56.2 Å². The van der Waals surface area contributed by atoms with Crippen molar-refractivity contribution in [2.45, 2.75) is 20.4 Å². The predicted molar refractivity (Wildman–Crippen MR) is 160 cm³/mol. The average Bonchev–Trinajstić information content (AvgIpc) is 2.89. The van der Waals surface area contributed by atoms with Crippen LogP contribution in [0.15, 0.2) is 60.7 Å². The Morgan fingerprint density at radius 1 is 0.949 bits per heavy atom. The fourth-order valence-electron chi connectivity index (χ4n) is 4.84. The Morgan fingerprint density at radius 2 is 1.67 bits per heavy atom. The molecule has 0 aliphatic carbocycles. The van der Waals surface area contributed by atoms with Gasteiger partial charge in [0.15, 0.2) is 5.78 Å². The van der Waals surface area contributed by atoms with E-state index >= 15 is 0 Å². The highest BCUT2D eigenvalue weighted by Crippen LogP contribution is 2.30. The normalized spacial score (nSPS) is 14.8. The second kappa shape index (κ2) is 13.1. The zero-order chi connectivity index (χ0) is 27.9. The van der Waals surface area contributed by atoms with Crippen LogP contribution in [0.3, 0.4) is 0 Å². The largest absolute Gasteiger partial charge is 0.508 e. The molecule has 1 aliphatic rings. The first-order valence-electron chi connectivity index (χ1n) is 13.6. The second-order valence-electron chi connectivity index (χ2n) is 10.9. The summed E-state index contributed by atoms with van der Waals surface area (Å²) >= 11 is 0. The van der Waals surface area contributed by atoms with Crippen LogP contribution < -0.4 is 4.74 Å². The van der Waals surface area contributed by atoms with Crippen LogP contribution in [0.5, 0.6) is 11.5 Å². The van der Waals surface area contributed by atoms with Crippen molar-refractivity contribution in [2.24, 2.45) is 0 Å². The molecule has 0 saturated carbocycles. The third-order valence-electron chi connectivity index (χ3n) is 7.13. The van der Waals surface area contributed by atoms with Gasteiger partial charge < -0.3 is 19.6 Å². The zero-order valence-electron chi connectivity index (χ0n) is 23.9. The Labute approximate surface area is 233 Å². The number of nitrogens with zero attached hydrogens (tertiary/aromatic N) is 3. The maximum Gasteiger partial charge on any atom is 0.185 e. The smallest absolute Gasteiger partial charge is 0.185 e. The number of ether oxygens (including phenoxy) is 1. The number of hydrogen-bond acceptors (Lipinski definition) is 6. The van der Waals surface area contributed by atoms with Crippen LogP contribution in [0, 0.1) is 13.8 Å². The van der Waals surface area contributed by atoms with Crippen molar-refractivity contribution in [2.75, 3.05) is 60.5 Å². The van der Waals surface area contributed by atoms with Crippen LogP contribution >= 0.6 is 0 Å². The first kappa shape index (κ1) is 28.6. The van der Waals surface area contributed by atoms with E-state index in [-0.39, 0.29) is 11.5 Å². The van der Waals surface area contributed by atoms with Crippen LogP contribution in [-0.4, -0.2) is 86.1 Å². The molecule has 3 aromatic rings. The molecular weight excluding hydrogens is 486 g/mol. The van der Waals surface area contributed by atoms with E-state index in [1.165, 1.54) is 11.1 Å². The van der Waals surface area contributed by atoms with Gasteiger partial charge in [0, 0.05) is 56.0 Å². The summed E-state index contributed by atoms with van der Waals surface area (Å²) in [5, 5.41) is 10.5. The number of benzene rings is 3. The van der Waals surface area contributed by atoms with Crippen molar-refractivity contribution in [3.63, 3.8) is 0 Å². The van der Waals surface area contributed by atoms with Gasteiger partial charge in [-0.3, -0.25) is 9.69 Å². The first-order valence-corrected chi connectivity index (χ1v) is 13.6. The van der Waals surface area contributed by atoms with Gasteiger partial charge in [0.1, 0.15) is 18.1 Å². The Bertz CT molecular complexity index is 1300. The SMILES string of the molecule is Cc1cc(C)cc(-c2ccc(OCCN(C)C)c(C=CC(=O)c3ccc(O)c(CN4CCN(C)CC4)c3)c2)c1. The molecule has 0 radical (unpaired) electrons. The predicted octanol–water partition coefficient (Wildman–Crippen LogP) is 5.26. The van der Waals surface area contributed by atoms with E-state index < -0.39 is 0 Å². The van der Waals surface area contributed by atoms with E-state index in [0.29, 0.717) is 18.7 Å². The van der Waals surface area contributed by atoms with Gasteiger partial charge in [-0.05, 0) is 88.6 Å². The quantitative estimate of drug-likeness (QED) is 0.287. The van der Waals surface area contributed by atoms with E-state index in [9.17, 15) is 9.90 Å². The Balaban J connectivity index is 1.57. The number of allylic oxidation sites excluding steroid dienone is 1. The minimum Gasteiger partial charge on any atom is -0.508 e. The molecule has 1 N–H and O–H groups in total. The van der Waals surface area contributed by atoms with Crippen LogP contribution in [0.25, 0.3) is 17.2 Å². The Hall–Kier alpha value is -3.45. The lowest BCUT2D eigenvalue weighted by Crippen LogP contribution is -2.43. The molecule has 1 fully saturated rings. The number of likely N-dealkylation sites (N-methyl/N-ethyl adjacent to an activating group) is 2. The third kappa shape index (κ3) is 8.02. The lowest BCUT2D eigenvalue weighted by Gasteiger charge is -2.32. The van der Waals surface area contributed by atoms with Crippen LogP contribution in [-0.2, 0) is 6.54 Å². The lowest BCUT2D eigenvalue weighted by molar-refractivity contribution is 0.104. The number of ketones is 1. The minimum absolute atomic E-state index is 0.106. The fourth-order valence-corrected chi connectivity index (χ4v) is 4.84. The van der Waals surface area contributed by atoms with Crippen LogP contribution in [0.4, 0.5) is 0 Å². The highest BCUT2D eigenvalue weighted by atomic mass is 16.5. The molecule has 0 bridgehead atoms. The van der Waals surface area contributed by atoms with E-state index in [1.54, 1.807) is 18.2 Å². The molecular formula is C33H41N3O3. The van der Waals surface area contributed by atoms with Crippen molar-refractivity contribution in [3.05, 3.63) is 88.5 Å². The molecule has 6 heteroatoms. The minimum atomic E-state index is -0.106. The highest BCUT2D eigenvalue weighted by Gasteiger charge is 2.16. The molecule has 4 rings (SSSR count). The van der Waals surface area contributed by atoms with Gasteiger partial charge >= 0.3 is 0 Å². The summed E-state index contributed by atoms with van der Waals surface area (Å²) in [7, 11) is 6.15. The number of carbonyl (C=O) groups excluding carboxylic acids is 1. The van der Waals surface area contributed by atoms with Gasteiger partial charge in [-0.25, -0.2) is 0 Å². The number of phenols is 1. The maximum atomic E-state index is 13.2. The molecule has 0 amide bonds. The standard InChI is InChI=1S/C33H41N3O3/c1-24-18-25(2)20-29(19-24)26-8-11-33(39-17-16-34(3)4)28(21-26)7-10-31(37)27-6-9-32(38)30(22-27)23-36-14-12-35(5)13-15-36/h6-11,18-22,38H,12-17,23H2,1-5H3. The van der Waals surface area contributed by atoms with Crippen molar-refractivity contribution in [3.8, 4) is 22.6 Å². The summed E-state index contributed by atoms with van der Waals surface area (Å²) in [5.41, 5.74) is 6.84. The zero-order valence-corrected chi connectivity index (χ0v) is 23.9. The highest BCUT2D eigenvalue weighted by molar-refractivity contribution is 6.07. The number of rotatable bonds is 10. The molecule has 1 aliphatic heterocycles. The lowest BCUT2D eigenvalue weighted by atomic mass is 9.98. The molecule has 3 aromatic carbocycles. The van der Waals surface area contributed by atoms with Gasteiger partial charge in [-0.15, -0.1) is 0 Å². The summed E-state index contributed by atoms with van der Waals surface area (Å²) in [6, 6.07) is 17.8.